The summed E-state index contributed by atoms with van der Waals surface area (Å²) >= 11 is 8.56. The molecule has 2 aromatic carbocycles. The number of halogens is 1. The molecule has 0 saturated heterocycles. The molecule has 0 radical (unpaired) electrons. The van der Waals surface area contributed by atoms with Crippen molar-refractivity contribution < 1.29 is 0 Å². The molecule has 0 aliphatic carbocycles. The van der Waals surface area contributed by atoms with Crippen molar-refractivity contribution in [2.75, 3.05) is 24.3 Å². The van der Waals surface area contributed by atoms with E-state index in [1.165, 1.54) is 11.3 Å². The van der Waals surface area contributed by atoms with Crippen molar-refractivity contribution in [3.63, 3.8) is 0 Å². The van der Waals surface area contributed by atoms with Crippen LogP contribution in [0.4, 0.5) is 17.1 Å². The van der Waals surface area contributed by atoms with Gasteiger partial charge in [0.2, 0.25) is 0 Å². The molecule has 0 aliphatic rings. The molecule has 0 fully saturated rings. The lowest BCUT2D eigenvalue weighted by Crippen LogP contribution is -2.13. The third-order valence-electron chi connectivity index (χ3n) is 3.22. The highest BCUT2D eigenvalue weighted by molar-refractivity contribution is 9.10. The summed E-state index contributed by atoms with van der Waals surface area (Å²) < 4.78 is 0.953. The summed E-state index contributed by atoms with van der Waals surface area (Å²) in [5.41, 5.74) is 10.9. The monoisotopic (exact) mass is 363 g/mol. The van der Waals surface area contributed by atoms with E-state index in [0.29, 0.717) is 4.99 Å². The van der Waals surface area contributed by atoms with Gasteiger partial charge < -0.3 is 16.0 Å². The summed E-state index contributed by atoms with van der Waals surface area (Å²) in [6.07, 6.45) is 0. The Bertz CT molecular complexity index is 683. The van der Waals surface area contributed by atoms with Crippen LogP contribution in [0.5, 0.6) is 0 Å². The Kier molecular flexibility index (Phi) is 4.85. The molecule has 0 saturated carbocycles. The van der Waals surface area contributed by atoms with Crippen molar-refractivity contribution in [2.45, 2.75) is 6.92 Å². The lowest BCUT2D eigenvalue weighted by Gasteiger charge is -2.18. The first kappa shape index (κ1) is 15.8. The topological polar surface area (TPSA) is 41.3 Å². The van der Waals surface area contributed by atoms with E-state index in [9.17, 15) is 0 Å². The molecule has 0 aliphatic heterocycles. The second-order valence-electron chi connectivity index (χ2n) is 5.07. The van der Waals surface area contributed by atoms with E-state index in [1.54, 1.807) is 0 Å². The molecule has 5 heteroatoms. The fourth-order valence-electron chi connectivity index (χ4n) is 2.15. The normalized spacial score (nSPS) is 10.3. The Balaban J connectivity index is 2.39. The minimum absolute atomic E-state index is 0.374. The van der Waals surface area contributed by atoms with Gasteiger partial charge in [-0.25, -0.2) is 0 Å². The Hall–Kier alpha value is -1.59. The van der Waals surface area contributed by atoms with Gasteiger partial charge in [-0.1, -0.05) is 34.2 Å². The molecule has 2 rings (SSSR count). The average molecular weight is 364 g/mol. The maximum absolute atomic E-state index is 5.80. The van der Waals surface area contributed by atoms with Gasteiger partial charge in [-0.3, -0.25) is 0 Å². The Morgan fingerprint density at radius 1 is 1.19 bits per heavy atom. The second kappa shape index (κ2) is 6.45. The first-order valence-corrected chi connectivity index (χ1v) is 7.73. The first-order valence-electron chi connectivity index (χ1n) is 6.53. The van der Waals surface area contributed by atoms with E-state index in [0.717, 1.165) is 21.4 Å². The maximum Gasteiger partial charge on any atom is 0.106 e. The van der Waals surface area contributed by atoms with Crippen LogP contribution in [-0.4, -0.2) is 19.1 Å². The van der Waals surface area contributed by atoms with Crippen molar-refractivity contribution >= 4 is 50.2 Å². The van der Waals surface area contributed by atoms with Crippen LogP contribution in [0.1, 0.15) is 11.1 Å². The van der Waals surface area contributed by atoms with Crippen LogP contribution in [0, 0.1) is 6.92 Å². The standard InChI is InChI=1S/C16H18BrN3S/c1-10-4-6-12(9-15(10)20(2)3)19-14-7-5-11(17)8-13(14)16(18)21/h4-9,19H,1-3H3,(H2,18,21). The van der Waals surface area contributed by atoms with Crippen LogP contribution in [-0.2, 0) is 0 Å². The lowest BCUT2D eigenvalue weighted by molar-refractivity contribution is 1.11. The number of hydrogen-bond acceptors (Lipinski definition) is 3. The van der Waals surface area contributed by atoms with Gasteiger partial charge in [-0.05, 0) is 42.8 Å². The van der Waals surface area contributed by atoms with Gasteiger partial charge >= 0.3 is 0 Å². The molecule has 110 valence electrons. The highest BCUT2D eigenvalue weighted by atomic mass is 79.9. The van der Waals surface area contributed by atoms with Gasteiger partial charge in [0.25, 0.3) is 0 Å². The van der Waals surface area contributed by atoms with Crippen molar-refractivity contribution in [3.8, 4) is 0 Å². The van der Waals surface area contributed by atoms with Crippen LogP contribution in [0.3, 0.4) is 0 Å². The number of nitrogens with one attached hydrogen (secondary N) is 1. The molecule has 3 N–H and O–H groups in total. The third-order valence-corrected chi connectivity index (χ3v) is 3.93. The number of hydrogen-bond donors (Lipinski definition) is 2. The molecule has 0 heterocycles. The smallest absolute Gasteiger partial charge is 0.106 e. The summed E-state index contributed by atoms with van der Waals surface area (Å²) in [5, 5.41) is 3.39. The second-order valence-corrected chi connectivity index (χ2v) is 6.43. The van der Waals surface area contributed by atoms with Gasteiger partial charge in [0.15, 0.2) is 0 Å². The number of nitrogens with zero attached hydrogens (tertiary/aromatic N) is 1. The minimum Gasteiger partial charge on any atom is -0.389 e. The number of aryl methyl sites for hydroxylation is 1. The largest absolute Gasteiger partial charge is 0.389 e. The van der Waals surface area contributed by atoms with Crippen molar-refractivity contribution in [2.24, 2.45) is 5.73 Å². The summed E-state index contributed by atoms with van der Waals surface area (Å²) in [5.74, 6) is 0. The van der Waals surface area contributed by atoms with Gasteiger partial charge in [-0.2, -0.15) is 0 Å². The molecule has 0 aromatic heterocycles. The van der Waals surface area contributed by atoms with E-state index in [4.69, 9.17) is 18.0 Å². The minimum atomic E-state index is 0.374. The zero-order valence-corrected chi connectivity index (χ0v) is 14.7. The predicted molar refractivity (Wildman–Crippen MR) is 98.8 cm³/mol. The van der Waals surface area contributed by atoms with Gasteiger partial charge in [0, 0.05) is 41.2 Å². The summed E-state index contributed by atoms with van der Waals surface area (Å²) in [6.45, 7) is 2.10. The quantitative estimate of drug-likeness (QED) is 0.798. The first-order chi connectivity index (χ1) is 9.88. The van der Waals surface area contributed by atoms with Crippen LogP contribution in [0.25, 0.3) is 0 Å². The van der Waals surface area contributed by atoms with Crippen molar-refractivity contribution in [1.82, 2.24) is 0 Å². The Labute approximate surface area is 139 Å². The highest BCUT2D eigenvalue weighted by Gasteiger charge is 2.08. The van der Waals surface area contributed by atoms with Crippen LogP contribution < -0.4 is 16.0 Å². The van der Waals surface area contributed by atoms with Crippen LogP contribution >= 0.6 is 28.1 Å². The molecule has 0 amide bonds. The fourth-order valence-corrected chi connectivity index (χ4v) is 2.68. The fraction of sp³-hybridized carbons (Fsp3) is 0.188. The van der Waals surface area contributed by atoms with Crippen LogP contribution in [0.15, 0.2) is 40.9 Å². The number of rotatable bonds is 4. The summed E-state index contributed by atoms with van der Waals surface area (Å²) in [7, 11) is 4.07. The lowest BCUT2D eigenvalue weighted by atomic mass is 10.1. The molecule has 3 nitrogen and oxygen atoms in total. The van der Waals surface area contributed by atoms with E-state index in [-0.39, 0.29) is 0 Å². The van der Waals surface area contributed by atoms with Crippen LogP contribution in [0.2, 0.25) is 0 Å². The van der Waals surface area contributed by atoms with E-state index < -0.39 is 0 Å². The molecule has 0 spiro atoms. The number of benzene rings is 2. The van der Waals surface area contributed by atoms with E-state index >= 15 is 0 Å². The molecule has 0 atom stereocenters. The number of nitrogens with two attached hydrogens (primary N) is 1. The Morgan fingerprint density at radius 2 is 1.90 bits per heavy atom. The zero-order chi connectivity index (χ0) is 15.6. The zero-order valence-electron chi connectivity index (χ0n) is 12.3. The van der Waals surface area contributed by atoms with E-state index in [1.807, 2.05) is 38.4 Å². The molecular formula is C16H18BrN3S. The van der Waals surface area contributed by atoms with Gasteiger partial charge in [-0.15, -0.1) is 0 Å². The molecule has 2 aromatic rings. The predicted octanol–water partition coefficient (Wildman–Crippen LogP) is 4.20. The third kappa shape index (κ3) is 3.74. The van der Waals surface area contributed by atoms with Crippen molar-refractivity contribution in [3.05, 3.63) is 52.0 Å². The molecule has 0 unspecified atom stereocenters. The van der Waals surface area contributed by atoms with E-state index in [2.05, 4.69) is 45.2 Å². The average Bonchev–Trinajstić information content (AvgIpc) is 2.42. The SMILES string of the molecule is Cc1ccc(Nc2ccc(Br)cc2C(N)=S)cc1N(C)C. The highest BCUT2D eigenvalue weighted by Crippen LogP contribution is 2.28. The van der Waals surface area contributed by atoms with Crippen molar-refractivity contribution in [1.29, 1.82) is 0 Å². The Morgan fingerprint density at radius 3 is 2.52 bits per heavy atom. The van der Waals surface area contributed by atoms with Gasteiger partial charge in [0.05, 0.1) is 0 Å². The molecular weight excluding hydrogens is 346 g/mol. The van der Waals surface area contributed by atoms with Gasteiger partial charge in [0.1, 0.15) is 4.99 Å². The molecule has 0 bridgehead atoms. The number of thiocarbonyl (C=S) groups is 1. The number of anilines is 3. The molecule has 21 heavy (non-hydrogen) atoms. The maximum atomic E-state index is 5.80. The summed E-state index contributed by atoms with van der Waals surface area (Å²) in [4.78, 5) is 2.47. The summed E-state index contributed by atoms with van der Waals surface area (Å²) in [6, 6.07) is 12.1.